The summed E-state index contributed by atoms with van der Waals surface area (Å²) < 4.78 is 0. The van der Waals surface area contributed by atoms with Crippen molar-refractivity contribution in [2.75, 3.05) is 12.0 Å². The number of carbonyl (C=O) groups is 4. The van der Waals surface area contributed by atoms with Crippen LogP contribution in [0.15, 0.2) is 24.3 Å². The van der Waals surface area contributed by atoms with Crippen molar-refractivity contribution in [2.45, 2.75) is 77.5 Å². The molecule has 0 aromatic heterocycles. The van der Waals surface area contributed by atoms with Gasteiger partial charge in [0.25, 0.3) is 0 Å². The SMILES string of the molecule is CCC(C)C(N)C(=O)NC(CCSC)C(=O)NC(C(=O)NC(Cc1ccc(O)cc1)C(=O)O)C(C)CC. The number of aromatic hydroxyl groups is 1. The van der Waals surface area contributed by atoms with Crippen molar-refractivity contribution in [2.24, 2.45) is 17.6 Å². The first-order chi connectivity index (χ1) is 17.4. The van der Waals surface area contributed by atoms with Crippen molar-refractivity contribution in [1.29, 1.82) is 0 Å². The molecule has 1 aromatic carbocycles. The maximum atomic E-state index is 13.2. The Kier molecular flexibility index (Phi) is 14.1. The lowest BCUT2D eigenvalue weighted by Crippen LogP contribution is -2.59. The molecule has 0 aliphatic rings. The van der Waals surface area contributed by atoms with Crippen molar-refractivity contribution in [3.05, 3.63) is 29.8 Å². The lowest BCUT2D eigenvalue weighted by Gasteiger charge is -2.28. The molecule has 0 aliphatic heterocycles. The van der Waals surface area contributed by atoms with Crippen LogP contribution in [-0.2, 0) is 25.6 Å². The number of hydrogen-bond acceptors (Lipinski definition) is 7. The molecule has 3 amide bonds. The van der Waals surface area contributed by atoms with Gasteiger partial charge in [-0.3, -0.25) is 14.4 Å². The molecule has 1 aromatic rings. The summed E-state index contributed by atoms with van der Waals surface area (Å²) in [6.07, 6.45) is 3.50. The van der Waals surface area contributed by atoms with E-state index in [-0.39, 0.29) is 24.0 Å². The monoisotopic (exact) mass is 538 g/mol. The molecule has 0 bridgehead atoms. The van der Waals surface area contributed by atoms with Crippen molar-refractivity contribution < 1.29 is 29.4 Å². The van der Waals surface area contributed by atoms with Crippen molar-refractivity contribution in [1.82, 2.24) is 16.0 Å². The van der Waals surface area contributed by atoms with E-state index in [4.69, 9.17) is 5.73 Å². The van der Waals surface area contributed by atoms with Crippen molar-refractivity contribution >= 4 is 35.5 Å². The first kappa shape index (κ1) is 32.2. The fourth-order valence-electron chi connectivity index (χ4n) is 3.57. The van der Waals surface area contributed by atoms with Gasteiger partial charge < -0.3 is 31.9 Å². The Morgan fingerprint density at radius 2 is 1.46 bits per heavy atom. The Hall–Kier alpha value is -2.79. The fraction of sp³-hybridized carbons (Fsp3) is 0.615. The largest absolute Gasteiger partial charge is 0.508 e. The number of benzene rings is 1. The second kappa shape index (κ2) is 16.1. The number of carbonyl (C=O) groups excluding carboxylic acids is 3. The van der Waals surface area contributed by atoms with Crippen LogP contribution in [0.3, 0.4) is 0 Å². The molecule has 0 saturated heterocycles. The van der Waals surface area contributed by atoms with Gasteiger partial charge in [0.2, 0.25) is 17.7 Å². The van der Waals surface area contributed by atoms with Crippen LogP contribution in [0.25, 0.3) is 0 Å². The minimum absolute atomic E-state index is 0.00241. The van der Waals surface area contributed by atoms with E-state index >= 15 is 0 Å². The van der Waals surface area contributed by atoms with Crippen LogP contribution in [-0.4, -0.2) is 70.1 Å². The van der Waals surface area contributed by atoms with E-state index in [0.29, 0.717) is 30.6 Å². The van der Waals surface area contributed by atoms with E-state index in [2.05, 4.69) is 16.0 Å². The second-order valence-electron chi connectivity index (χ2n) is 9.40. The molecule has 11 heteroatoms. The molecule has 0 spiro atoms. The van der Waals surface area contributed by atoms with Crippen LogP contribution in [0.4, 0.5) is 0 Å². The van der Waals surface area contributed by atoms with Crippen LogP contribution in [0.2, 0.25) is 0 Å². The highest BCUT2D eigenvalue weighted by Crippen LogP contribution is 2.14. The number of hydrogen-bond donors (Lipinski definition) is 6. The van der Waals surface area contributed by atoms with E-state index in [9.17, 15) is 29.4 Å². The molecule has 6 atom stereocenters. The maximum Gasteiger partial charge on any atom is 0.326 e. The molecule has 1 rings (SSSR count). The number of nitrogens with two attached hydrogens (primary N) is 1. The summed E-state index contributed by atoms with van der Waals surface area (Å²) in [6, 6.07) is 2.14. The predicted molar refractivity (Wildman–Crippen MR) is 145 cm³/mol. The van der Waals surface area contributed by atoms with Gasteiger partial charge in [-0.15, -0.1) is 0 Å². The highest BCUT2D eigenvalue weighted by Gasteiger charge is 2.33. The molecule has 7 N–H and O–H groups in total. The van der Waals surface area contributed by atoms with Crippen LogP contribution in [0.1, 0.15) is 52.5 Å². The summed E-state index contributed by atoms with van der Waals surface area (Å²) in [5, 5.41) is 27.1. The molecule has 208 valence electrons. The van der Waals surface area contributed by atoms with Gasteiger partial charge in [0, 0.05) is 6.42 Å². The van der Waals surface area contributed by atoms with Crippen LogP contribution < -0.4 is 21.7 Å². The lowest BCUT2D eigenvalue weighted by molar-refractivity contribution is -0.142. The van der Waals surface area contributed by atoms with Crippen LogP contribution >= 0.6 is 11.8 Å². The Labute approximate surface area is 223 Å². The van der Waals surface area contributed by atoms with E-state index in [1.807, 2.05) is 27.0 Å². The second-order valence-corrected chi connectivity index (χ2v) is 10.4. The molecule has 0 radical (unpaired) electrons. The zero-order chi connectivity index (χ0) is 28.1. The zero-order valence-electron chi connectivity index (χ0n) is 22.3. The lowest BCUT2D eigenvalue weighted by atomic mass is 9.96. The highest BCUT2D eigenvalue weighted by atomic mass is 32.2. The molecule has 10 nitrogen and oxygen atoms in total. The van der Waals surface area contributed by atoms with Gasteiger partial charge in [-0.05, 0) is 48.0 Å². The quantitative estimate of drug-likeness (QED) is 0.184. The summed E-state index contributed by atoms with van der Waals surface area (Å²) >= 11 is 1.52. The van der Waals surface area contributed by atoms with E-state index in [1.165, 1.54) is 23.9 Å². The predicted octanol–water partition coefficient (Wildman–Crippen LogP) is 1.65. The molecular weight excluding hydrogens is 496 g/mol. The maximum absolute atomic E-state index is 13.2. The number of aliphatic carboxylic acids is 1. The summed E-state index contributed by atoms with van der Waals surface area (Å²) in [4.78, 5) is 51.0. The molecule has 0 fully saturated rings. The van der Waals surface area contributed by atoms with Gasteiger partial charge >= 0.3 is 5.97 Å². The standard InChI is InChI=1S/C26H42N4O6S/c1-6-15(3)21(27)24(33)28-19(12-13-37-5)23(32)30-22(16(4)7-2)25(34)29-20(26(35)36)14-17-8-10-18(31)11-9-17/h8-11,15-16,19-22,31H,6-7,12-14,27H2,1-5H3,(H,28,33)(H,29,34)(H,30,32)(H,35,36). The van der Waals surface area contributed by atoms with Gasteiger partial charge in [0.05, 0.1) is 6.04 Å². The number of carboxylic acid groups (broad SMARTS) is 1. The Morgan fingerprint density at radius 1 is 0.892 bits per heavy atom. The molecule has 0 aliphatic carbocycles. The average Bonchev–Trinajstić information content (AvgIpc) is 2.88. The zero-order valence-corrected chi connectivity index (χ0v) is 23.1. The third kappa shape index (κ3) is 10.6. The average molecular weight is 539 g/mol. The van der Waals surface area contributed by atoms with Gasteiger partial charge in [-0.2, -0.15) is 11.8 Å². The number of thioether (sulfide) groups is 1. The van der Waals surface area contributed by atoms with E-state index < -0.39 is 47.9 Å². The topological polar surface area (TPSA) is 171 Å². The molecule has 6 unspecified atom stereocenters. The molecule has 0 heterocycles. The Bertz CT molecular complexity index is 898. The number of rotatable bonds is 16. The molecule has 37 heavy (non-hydrogen) atoms. The minimum Gasteiger partial charge on any atom is -0.508 e. The normalized spacial score (nSPS) is 15.9. The molecule has 0 saturated carbocycles. The third-order valence-electron chi connectivity index (χ3n) is 6.59. The molecular formula is C26H42N4O6S. The van der Waals surface area contributed by atoms with E-state index in [0.717, 1.165) is 0 Å². The van der Waals surface area contributed by atoms with Gasteiger partial charge in [0.1, 0.15) is 23.9 Å². The number of phenols is 1. The summed E-state index contributed by atoms with van der Waals surface area (Å²) in [6.45, 7) is 7.44. The minimum atomic E-state index is -1.24. The highest BCUT2D eigenvalue weighted by molar-refractivity contribution is 7.98. The Morgan fingerprint density at radius 3 is 1.97 bits per heavy atom. The number of phenolic OH excluding ortho intramolecular Hbond substituents is 1. The van der Waals surface area contributed by atoms with Crippen molar-refractivity contribution in [3.8, 4) is 5.75 Å². The number of carboxylic acids is 1. The summed E-state index contributed by atoms with van der Waals surface area (Å²) in [5.74, 6) is -2.52. The van der Waals surface area contributed by atoms with Gasteiger partial charge in [0.15, 0.2) is 0 Å². The fourth-order valence-corrected chi connectivity index (χ4v) is 4.04. The van der Waals surface area contributed by atoms with E-state index in [1.54, 1.807) is 19.1 Å². The first-order valence-corrected chi connectivity index (χ1v) is 14.0. The van der Waals surface area contributed by atoms with Crippen molar-refractivity contribution in [3.63, 3.8) is 0 Å². The summed E-state index contributed by atoms with van der Waals surface area (Å²) in [7, 11) is 0. The number of amides is 3. The first-order valence-electron chi connectivity index (χ1n) is 12.6. The third-order valence-corrected chi connectivity index (χ3v) is 7.23. The van der Waals surface area contributed by atoms with Gasteiger partial charge in [-0.25, -0.2) is 4.79 Å². The number of nitrogens with one attached hydrogen (secondary N) is 3. The Balaban J connectivity index is 3.03. The smallest absolute Gasteiger partial charge is 0.326 e. The van der Waals surface area contributed by atoms with Crippen LogP contribution in [0, 0.1) is 11.8 Å². The summed E-state index contributed by atoms with van der Waals surface area (Å²) in [5.41, 5.74) is 6.66. The van der Waals surface area contributed by atoms with Gasteiger partial charge in [-0.1, -0.05) is 52.7 Å². The van der Waals surface area contributed by atoms with Crippen LogP contribution in [0.5, 0.6) is 5.75 Å².